The fourth-order valence-electron chi connectivity index (χ4n) is 2.82. The zero-order valence-electron chi connectivity index (χ0n) is 13.5. The summed E-state index contributed by atoms with van der Waals surface area (Å²) in [5, 5.41) is 1.09. The first-order valence-corrected chi connectivity index (χ1v) is 8.15. The Hall–Kier alpha value is -2.79. The van der Waals surface area contributed by atoms with Crippen LogP contribution in [-0.4, -0.2) is 0 Å². The van der Waals surface area contributed by atoms with Crippen LogP contribution in [0.25, 0.3) is 17.0 Å². The normalized spacial score (nSPS) is 11.2. The number of benzene rings is 2. The molecular weight excluding hydrogens is 299 g/mol. The van der Waals surface area contributed by atoms with E-state index in [9.17, 15) is 4.39 Å². The number of furan rings is 1. The Bertz CT molecular complexity index is 878. The third kappa shape index (κ3) is 3.94. The van der Waals surface area contributed by atoms with E-state index in [1.54, 1.807) is 6.08 Å². The molecule has 120 valence electrons. The molecule has 0 amide bonds. The van der Waals surface area contributed by atoms with Crippen molar-refractivity contribution in [3.63, 3.8) is 0 Å². The Balaban J connectivity index is 1.60. The highest BCUT2D eigenvalue weighted by molar-refractivity contribution is 5.87. The largest absolute Gasteiger partial charge is 0.461 e. The number of fused-ring (bicyclic) bond motifs is 1. The lowest BCUT2D eigenvalue weighted by molar-refractivity contribution is 0.532. The Labute approximate surface area is 141 Å². The molecule has 1 heterocycles. The van der Waals surface area contributed by atoms with Gasteiger partial charge in [-0.1, -0.05) is 30.2 Å². The quantitative estimate of drug-likeness (QED) is 0.414. The fourth-order valence-corrected chi connectivity index (χ4v) is 2.82. The number of terminal acetylenes is 1. The van der Waals surface area contributed by atoms with Gasteiger partial charge in [-0.25, -0.2) is 4.39 Å². The Morgan fingerprint density at radius 2 is 1.83 bits per heavy atom. The smallest absolute Gasteiger partial charge is 0.134 e. The first-order chi connectivity index (χ1) is 11.8. The second kappa shape index (κ2) is 7.66. The van der Waals surface area contributed by atoms with Gasteiger partial charge in [0.1, 0.15) is 17.2 Å². The van der Waals surface area contributed by atoms with Crippen LogP contribution in [-0.2, 0) is 12.8 Å². The molecule has 3 rings (SSSR count). The zero-order chi connectivity index (χ0) is 16.8. The molecule has 0 fully saturated rings. The molecule has 1 aromatic heterocycles. The molecule has 1 nitrogen and oxygen atoms in total. The van der Waals surface area contributed by atoms with Crippen molar-refractivity contribution >= 4 is 17.0 Å². The molecule has 0 spiro atoms. The average molecular weight is 318 g/mol. The fraction of sp³-hybridized carbons (Fsp3) is 0.182. The first kappa shape index (κ1) is 16.1. The van der Waals surface area contributed by atoms with Crippen LogP contribution in [0.5, 0.6) is 0 Å². The summed E-state index contributed by atoms with van der Waals surface area (Å²) in [5.74, 6) is 3.32. The van der Waals surface area contributed by atoms with E-state index in [2.05, 4.69) is 12.0 Å². The van der Waals surface area contributed by atoms with Crippen LogP contribution in [0.15, 0.2) is 59.0 Å². The lowest BCUT2D eigenvalue weighted by Crippen LogP contribution is -1.88. The molecule has 0 aliphatic rings. The maximum atomic E-state index is 12.9. The molecule has 2 heteroatoms. The van der Waals surface area contributed by atoms with E-state index in [0.29, 0.717) is 0 Å². The molecule has 24 heavy (non-hydrogen) atoms. The van der Waals surface area contributed by atoms with Gasteiger partial charge in [0.15, 0.2) is 0 Å². The first-order valence-electron chi connectivity index (χ1n) is 8.15. The number of allylic oxidation sites excluding steroid dienone is 1. The molecule has 0 N–H and O–H groups in total. The minimum atomic E-state index is -0.185. The third-order valence-corrected chi connectivity index (χ3v) is 4.06. The van der Waals surface area contributed by atoms with Crippen molar-refractivity contribution in [1.29, 1.82) is 0 Å². The second-order valence-corrected chi connectivity index (χ2v) is 5.81. The van der Waals surface area contributed by atoms with Gasteiger partial charge < -0.3 is 4.42 Å². The van der Waals surface area contributed by atoms with Crippen molar-refractivity contribution in [3.05, 3.63) is 77.3 Å². The van der Waals surface area contributed by atoms with Crippen molar-refractivity contribution in [2.45, 2.75) is 25.7 Å². The predicted octanol–water partition coefficient (Wildman–Crippen LogP) is 5.78. The molecule has 0 bridgehead atoms. The summed E-state index contributed by atoms with van der Waals surface area (Å²) >= 11 is 0. The van der Waals surface area contributed by atoms with Gasteiger partial charge in [-0.05, 0) is 66.8 Å². The predicted molar refractivity (Wildman–Crippen MR) is 97.1 cm³/mol. The van der Waals surface area contributed by atoms with E-state index < -0.39 is 0 Å². The highest BCUT2D eigenvalue weighted by Gasteiger charge is 2.06. The maximum absolute atomic E-state index is 12.9. The number of unbranched alkanes of at least 4 members (excludes halogenated alkanes) is 1. The molecule has 0 atom stereocenters. The number of aryl methyl sites for hydroxylation is 2. The van der Waals surface area contributed by atoms with Gasteiger partial charge in [-0.3, -0.25) is 0 Å². The molecule has 3 aromatic rings. The Morgan fingerprint density at radius 1 is 1.04 bits per heavy atom. The Morgan fingerprint density at radius 3 is 2.62 bits per heavy atom. The number of halogens is 1. The lowest BCUT2D eigenvalue weighted by Gasteiger charge is -2.00. The molecule has 0 saturated heterocycles. The van der Waals surface area contributed by atoms with E-state index in [4.69, 9.17) is 10.8 Å². The van der Waals surface area contributed by atoms with Crippen LogP contribution in [0.3, 0.4) is 0 Å². The third-order valence-electron chi connectivity index (χ3n) is 4.06. The van der Waals surface area contributed by atoms with Crippen LogP contribution in [0, 0.1) is 18.2 Å². The van der Waals surface area contributed by atoms with Crippen LogP contribution in [0.4, 0.5) is 4.39 Å². The summed E-state index contributed by atoms with van der Waals surface area (Å²) in [5.41, 5.74) is 3.14. The molecule has 0 unspecified atom stereocenters. The molecule has 0 aliphatic carbocycles. The van der Waals surface area contributed by atoms with Crippen molar-refractivity contribution in [2.75, 3.05) is 0 Å². The highest BCUT2D eigenvalue weighted by atomic mass is 19.1. The average Bonchev–Trinajstić information content (AvgIpc) is 3.02. The van der Waals surface area contributed by atoms with Crippen LogP contribution >= 0.6 is 0 Å². The summed E-state index contributed by atoms with van der Waals surface area (Å²) in [6, 6.07) is 14.8. The van der Waals surface area contributed by atoms with Gasteiger partial charge in [0.2, 0.25) is 0 Å². The molecular formula is C22H19FO. The monoisotopic (exact) mass is 318 g/mol. The number of hydrogen-bond donors (Lipinski definition) is 0. The minimum absolute atomic E-state index is 0.185. The van der Waals surface area contributed by atoms with E-state index in [0.717, 1.165) is 48.0 Å². The summed E-state index contributed by atoms with van der Waals surface area (Å²) in [4.78, 5) is 0. The SMILES string of the molecule is C#C/C=C/c1cccc2oc(CCCCc3ccc(F)cc3)cc12. The van der Waals surface area contributed by atoms with Gasteiger partial charge in [-0.2, -0.15) is 0 Å². The Kier molecular flexibility index (Phi) is 5.13. The zero-order valence-corrected chi connectivity index (χ0v) is 13.5. The molecule has 0 saturated carbocycles. The van der Waals surface area contributed by atoms with Gasteiger partial charge in [-0.15, -0.1) is 6.42 Å². The van der Waals surface area contributed by atoms with Gasteiger partial charge in [0.05, 0.1) is 0 Å². The van der Waals surface area contributed by atoms with Gasteiger partial charge in [0.25, 0.3) is 0 Å². The summed E-state index contributed by atoms with van der Waals surface area (Å²) in [7, 11) is 0. The second-order valence-electron chi connectivity index (χ2n) is 5.81. The van der Waals surface area contributed by atoms with Crippen LogP contribution in [0.2, 0.25) is 0 Å². The van der Waals surface area contributed by atoms with Crippen molar-refractivity contribution in [3.8, 4) is 12.3 Å². The van der Waals surface area contributed by atoms with Crippen molar-refractivity contribution in [2.24, 2.45) is 0 Å². The number of rotatable bonds is 6. The van der Waals surface area contributed by atoms with Gasteiger partial charge in [0, 0.05) is 11.8 Å². The van der Waals surface area contributed by atoms with Gasteiger partial charge >= 0.3 is 0 Å². The lowest BCUT2D eigenvalue weighted by atomic mass is 10.1. The minimum Gasteiger partial charge on any atom is -0.461 e. The topological polar surface area (TPSA) is 13.1 Å². The summed E-state index contributed by atoms with van der Waals surface area (Å²) in [6.07, 6.45) is 12.8. The standard InChI is InChI=1S/C22H19FO/c1-2-3-8-18-9-6-11-22-21(18)16-20(24-22)10-5-4-7-17-12-14-19(23)15-13-17/h1,3,6,8-9,11-16H,4-5,7,10H2/b8-3+. The number of hydrogen-bond acceptors (Lipinski definition) is 1. The van der Waals surface area contributed by atoms with Crippen molar-refractivity contribution in [1.82, 2.24) is 0 Å². The summed E-state index contributed by atoms with van der Waals surface area (Å²) < 4.78 is 18.8. The maximum Gasteiger partial charge on any atom is 0.134 e. The van der Waals surface area contributed by atoms with E-state index in [1.807, 2.05) is 36.4 Å². The van der Waals surface area contributed by atoms with E-state index in [-0.39, 0.29) is 5.82 Å². The van der Waals surface area contributed by atoms with Crippen LogP contribution in [0.1, 0.15) is 29.7 Å². The highest BCUT2D eigenvalue weighted by Crippen LogP contribution is 2.25. The molecule has 0 aliphatic heterocycles. The van der Waals surface area contributed by atoms with Crippen molar-refractivity contribution < 1.29 is 8.81 Å². The van der Waals surface area contributed by atoms with E-state index >= 15 is 0 Å². The molecule has 0 radical (unpaired) electrons. The van der Waals surface area contributed by atoms with E-state index in [1.165, 1.54) is 17.7 Å². The van der Waals surface area contributed by atoms with Crippen LogP contribution < -0.4 is 0 Å². The molecule has 2 aromatic carbocycles. The summed E-state index contributed by atoms with van der Waals surface area (Å²) in [6.45, 7) is 0.